The fraction of sp³-hybridized carbons (Fsp3) is 1.00. The van der Waals surface area contributed by atoms with Crippen molar-refractivity contribution < 1.29 is 8.42 Å². The van der Waals surface area contributed by atoms with Crippen LogP contribution in [-0.2, 0) is 9.84 Å². The highest BCUT2D eigenvalue weighted by atomic mass is 79.9. The Morgan fingerprint density at radius 1 is 1.25 bits per heavy atom. The van der Waals surface area contributed by atoms with Crippen LogP contribution in [0, 0.1) is 5.92 Å². The molecule has 1 aliphatic carbocycles. The lowest BCUT2D eigenvalue weighted by Crippen LogP contribution is -2.30. The molecule has 0 spiro atoms. The number of alkyl halides is 1. The van der Waals surface area contributed by atoms with Gasteiger partial charge in [0.05, 0.1) is 10.5 Å². The molecule has 1 fully saturated rings. The van der Waals surface area contributed by atoms with Crippen molar-refractivity contribution in [3.8, 4) is 0 Å². The van der Waals surface area contributed by atoms with Crippen molar-refractivity contribution in [2.75, 3.05) is 5.75 Å². The summed E-state index contributed by atoms with van der Waals surface area (Å²) in [5.41, 5.74) is 0. The summed E-state index contributed by atoms with van der Waals surface area (Å²) >= 11 is 3.68. The largest absolute Gasteiger partial charge is 0.228 e. The van der Waals surface area contributed by atoms with Crippen LogP contribution < -0.4 is 0 Å². The molecule has 0 heterocycles. The second-order valence-corrected chi connectivity index (χ2v) is 9.82. The summed E-state index contributed by atoms with van der Waals surface area (Å²) in [5, 5.41) is 0. The maximum absolute atomic E-state index is 11.8. The fourth-order valence-electron chi connectivity index (χ4n) is 1.63. The topological polar surface area (TPSA) is 34.1 Å². The molecule has 2 nitrogen and oxygen atoms in total. The Morgan fingerprint density at radius 2 is 1.81 bits per heavy atom. The molecule has 16 heavy (non-hydrogen) atoms. The average Bonchev–Trinajstić information content (AvgIpc) is 2.93. The van der Waals surface area contributed by atoms with E-state index in [2.05, 4.69) is 15.9 Å². The molecular weight excluding hydrogens is 288 g/mol. The van der Waals surface area contributed by atoms with Gasteiger partial charge in [0, 0.05) is 4.83 Å². The van der Waals surface area contributed by atoms with Crippen molar-refractivity contribution in [2.24, 2.45) is 5.92 Å². The molecule has 0 saturated heterocycles. The Hall–Kier alpha value is 0.430. The summed E-state index contributed by atoms with van der Waals surface area (Å²) in [4.78, 5) is 0.616. The first-order valence-electron chi connectivity index (χ1n) is 6.10. The summed E-state index contributed by atoms with van der Waals surface area (Å²) in [6.45, 7) is 5.33. The Labute approximate surface area is 108 Å². The van der Waals surface area contributed by atoms with Gasteiger partial charge in [-0.3, -0.25) is 0 Å². The summed E-state index contributed by atoms with van der Waals surface area (Å²) in [6.07, 6.45) is 5.62. The van der Waals surface area contributed by atoms with E-state index < -0.39 is 14.6 Å². The number of rotatable bonds is 6. The normalized spacial score (nSPS) is 19.8. The van der Waals surface area contributed by atoms with Gasteiger partial charge in [-0.15, -0.1) is 0 Å². The van der Waals surface area contributed by atoms with Gasteiger partial charge in [-0.25, -0.2) is 8.42 Å². The van der Waals surface area contributed by atoms with Crippen LogP contribution in [0.4, 0.5) is 0 Å². The van der Waals surface area contributed by atoms with Crippen LogP contribution in [0.5, 0.6) is 0 Å². The summed E-state index contributed by atoms with van der Waals surface area (Å²) in [5.74, 6) is 1.19. The molecule has 1 saturated carbocycles. The minimum Gasteiger partial charge on any atom is -0.228 e. The molecule has 0 aromatic heterocycles. The molecular formula is C12H23BrO2S. The molecule has 0 aromatic rings. The number of halogens is 1. The van der Waals surface area contributed by atoms with E-state index in [1.165, 1.54) is 12.8 Å². The first-order valence-corrected chi connectivity index (χ1v) is 8.67. The van der Waals surface area contributed by atoms with Crippen molar-refractivity contribution in [1.82, 2.24) is 0 Å². The van der Waals surface area contributed by atoms with Crippen LogP contribution in [0.15, 0.2) is 0 Å². The fourth-order valence-corrected chi connectivity index (χ4v) is 3.68. The highest BCUT2D eigenvalue weighted by Crippen LogP contribution is 2.38. The summed E-state index contributed by atoms with van der Waals surface area (Å²) in [6, 6.07) is 0. The Balaban J connectivity index is 2.20. The van der Waals surface area contributed by atoms with Gasteiger partial charge in [0.2, 0.25) is 0 Å². The molecule has 0 bridgehead atoms. The van der Waals surface area contributed by atoms with Crippen molar-refractivity contribution in [3.05, 3.63) is 0 Å². The average molecular weight is 311 g/mol. The van der Waals surface area contributed by atoms with Gasteiger partial charge >= 0.3 is 0 Å². The van der Waals surface area contributed by atoms with Crippen LogP contribution in [0.1, 0.15) is 52.9 Å². The number of hydrogen-bond donors (Lipinski definition) is 0. The SMILES string of the molecule is CC(C)(C)S(=O)(=O)CCCCC(Br)C1CC1. The maximum atomic E-state index is 11.8. The highest BCUT2D eigenvalue weighted by Gasteiger charge is 2.30. The van der Waals surface area contributed by atoms with E-state index in [1.807, 2.05) is 0 Å². The molecule has 0 aromatic carbocycles. The van der Waals surface area contributed by atoms with Crippen molar-refractivity contribution >= 4 is 25.8 Å². The smallest absolute Gasteiger partial charge is 0.155 e. The predicted octanol–water partition coefficient (Wildman–Crippen LogP) is 3.54. The van der Waals surface area contributed by atoms with E-state index >= 15 is 0 Å². The van der Waals surface area contributed by atoms with Gasteiger partial charge in [0.25, 0.3) is 0 Å². The lowest BCUT2D eigenvalue weighted by atomic mass is 10.1. The minimum atomic E-state index is -2.92. The first-order chi connectivity index (χ1) is 7.24. The molecule has 1 unspecified atom stereocenters. The van der Waals surface area contributed by atoms with Crippen molar-refractivity contribution in [1.29, 1.82) is 0 Å². The van der Waals surface area contributed by atoms with Crippen molar-refractivity contribution in [2.45, 2.75) is 62.4 Å². The summed E-state index contributed by atoms with van der Waals surface area (Å²) in [7, 11) is -2.92. The third-order valence-corrected chi connectivity index (χ3v) is 7.11. The molecule has 1 rings (SSSR count). The van der Waals surface area contributed by atoms with E-state index in [4.69, 9.17) is 0 Å². The van der Waals surface area contributed by atoms with E-state index in [0.717, 1.165) is 25.2 Å². The van der Waals surface area contributed by atoms with E-state index in [-0.39, 0.29) is 0 Å². The van der Waals surface area contributed by atoms with Gasteiger partial charge < -0.3 is 0 Å². The number of sulfone groups is 1. The molecule has 4 heteroatoms. The van der Waals surface area contributed by atoms with Crippen molar-refractivity contribution in [3.63, 3.8) is 0 Å². The molecule has 0 radical (unpaired) electrons. The zero-order chi connectivity index (χ0) is 12.4. The van der Waals surface area contributed by atoms with Crippen LogP contribution in [0.25, 0.3) is 0 Å². The maximum Gasteiger partial charge on any atom is 0.155 e. The van der Waals surface area contributed by atoms with Crippen LogP contribution in [-0.4, -0.2) is 23.7 Å². The number of unbranched alkanes of at least 4 members (excludes halogenated alkanes) is 1. The second-order valence-electron chi connectivity index (χ2n) is 5.78. The first kappa shape index (κ1) is 14.5. The highest BCUT2D eigenvalue weighted by molar-refractivity contribution is 9.09. The quantitative estimate of drug-likeness (QED) is 0.555. The summed E-state index contributed by atoms with van der Waals surface area (Å²) < 4.78 is 23.1. The Morgan fingerprint density at radius 3 is 2.25 bits per heavy atom. The second kappa shape index (κ2) is 5.38. The Bertz CT molecular complexity index is 312. The lowest BCUT2D eigenvalue weighted by molar-refractivity contribution is 0.553. The van der Waals surface area contributed by atoms with Gasteiger partial charge in [0.15, 0.2) is 9.84 Å². The third kappa shape index (κ3) is 4.36. The predicted molar refractivity (Wildman–Crippen MR) is 72.8 cm³/mol. The molecule has 1 aliphatic rings. The lowest BCUT2D eigenvalue weighted by Gasteiger charge is -2.19. The molecule has 0 aliphatic heterocycles. The van der Waals surface area contributed by atoms with Crippen LogP contribution >= 0.6 is 15.9 Å². The van der Waals surface area contributed by atoms with Crippen LogP contribution in [0.2, 0.25) is 0 Å². The van der Waals surface area contributed by atoms with E-state index in [0.29, 0.717) is 10.6 Å². The van der Waals surface area contributed by atoms with Crippen LogP contribution in [0.3, 0.4) is 0 Å². The Kier molecular flexibility index (Phi) is 4.88. The third-order valence-electron chi connectivity index (χ3n) is 3.21. The standard InChI is InChI=1S/C12H23BrO2S/c1-12(2,3)16(14,15)9-5-4-6-11(13)10-7-8-10/h10-11H,4-9H2,1-3H3. The van der Waals surface area contributed by atoms with E-state index in [1.54, 1.807) is 20.8 Å². The van der Waals surface area contributed by atoms with Gasteiger partial charge in [0.1, 0.15) is 0 Å². The minimum absolute atomic E-state index is 0.334. The van der Waals surface area contributed by atoms with Gasteiger partial charge in [-0.1, -0.05) is 22.4 Å². The molecule has 0 amide bonds. The van der Waals surface area contributed by atoms with E-state index in [9.17, 15) is 8.42 Å². The zero-order valence-electron chi connectivity index (χ0n) is 10.5. The molecule has 96 valence electrons. The monoisotopic (exact) mass is 310 g/mol. The molecule has 0 N–H and O–H groups in total. The number of hydrogen-bond acceptors (Lipinski definition) is 2. The zero-order valence-corrected chi connectivity index (χ0v) is 12.9. The molecule has 1 atom stereocenters. The van der Waals surface area contributed by atoms with Gasteiger partial charge in [-0.05, 0) is 52.4 Å². The van der Waals surface area contributed by atoms with Gasteiger partial charge in [-0.2, -0.15) is 0 Å².